The largest absolute Gasteiger partial charge is 0.203 e. The molecule has 0 radical (unpaired) electrons. The predicted octanol–water partition coefficient (Wildman–Crippen LogP) is 1.49. The highest BCUT2D eigenvalue weighted by Gasteiger charge is 2.26. The van der Waals surface area contributed by atoms with E-state index in [-0.39, 0.29) is 5.82 Å². The normalized spacial score (nSPS) is 10.9. The average molecular weight is 250 g/mol. The second kappa shape index (κ2) is 4.07. The van der Waals surface area contributed by atoms with Gasteiger partial charge in [0.05, 0.1) is 0 Å². The van der Waals surface area contributed by atoms with Crippen LogP contribution in [0.3, 0.4) is 0 Å². The Bertz CT molecular complexity index is 525. The van der Waals surface area contributed by atoms with Crippen LogP contribution in [0.15, 0.2) is 0 Å². The van der Waals surface area contributed by atoms with Gasteiger partial charge in [0.15, 0.2) is 29.1 Å². The molecule has 2 aromatic rings. The minimum Gasteiger partial charge on any atom is -0.203 e. The minimum absolute atomic E-state index is 0.187. The quantitative estimate of drug-likeness (QED) is 0.499. The molecule has 0 saturated carbocycles. The van der Waals surface area contributed by atoms with Gasteiger partial charge >= 0.3 is 0 Å². The first-order chi connectivity index (χ1) is 8.02. The van der Waals surface area contributed by atoms with Gasteiger partial charge in [0.25, 0.3) is 0 Å². The van der Waals surface area contributed by atoms with Crippen LogP contribution >= 0.6 is 0 Å². The third kappa shape index (κ3) is 1.83. The highest BCUT2D eigenvalue weighted by atomic mass is 19.2. The van der Waals surface area contributed by atoms with E-state index in [1.807, 2.05) is 5.21 Å². The zero-order chi connectivity index (χ0) is 12.6. The molecule has 0 fully saturated rings. The van der Waals surface area contributed by atoms with E-state index in [0.29, 0.717) is 0 Å². The van der Waals surface area contributed by atoms with Crippen LogP contribution in [-0.2, 0) is 6.42 Å². The fraction of sp³-hybridized carbons (Fsp3) is 0.125. The summed E-state index contributed by atoms with van der Waals surface area (Å²) in [6, 6.07) is 0. The summed E-state index contributed by atoms with van der Waals surface area (Å²) in [6.45, 7) is 0. The van der Waals surface area contributed by atoms with Gasteiger partial charge < -0.3 is 0 Å². The first kappa shape index (κ1) is 11.4. The third-order valence-corrected chi connectivity index (χ3v) is 2.02. The highest BCUT2D eigenvalue weighted by molar-refractivity contribution is 5.26. The van der Waals surface area contributed by atoms with Crippen LogP contribution in [0.5, 0.6) is 0 Å². The van der Waals surface area contributed by atoms with E-state index in [1.165, 1.54) is 0 Å². The Kier molecular flexibility index (Phi) is 2.74. The summed E-state index contributed by atoms with van der Waals surface area (Å²) in [7, 11) is 0. The third-order valence-electron chi connectivity index (χ3n) is 2.02. The standard InChI is InChI=1S/C8H3F5N4/c9-4-2(1-3-14-16-17-15-3)5(10)7(12)8(13)6(4)11/h1H2,(H,14,15,16,17). The number of rotatable bonds is 2. The molecule has 1 aromatic heterocycles. The van der Waals surface area contributed by atoms with Crippen molar-refractivity contribution in [1.82, 2.24) is 20.6 Å². The summed E-state index contributed by atoms with van der Waals surface area (Å²) in [5, 5.41) is 11.8. The van der Waals surface area contributed by atoms with E-state index >= 15 is 0 Å². The number of halogens is 5. The van der Waals surface area contributed by atoms with Crippen LogP contribution in [0.2, 0.25) is 0 Å². The first-order valence-electron chi connectivity index (χ1n) is 4.25. The molecule has 1 aromatic carbocycles. The van der Waals surface area contributed by atoms with Crippen molar-refractivity contribution in [3.05, 3.63) is 40.5 Å². The molecule has 0 aliphatic carbocycles. The fourth-order valence-corrected chi connectivity index (χ4v) is 1.22. The van der Waals surface area contributed by atoms with Crippen LogP contribution in [0.4, 0.5) is 22.0 Å². The Hall–Kier alpha value is -2.06. The van der Waals surface area contributed by atoms with Gasteiger partial charge in [-0.2, -0.15) is 5.21 Å². The molecule has 0 aliphatic rings. The lowest BCUT2D eigenvalue weighted by molar-refractivity contribution is 0.371. The van der Waals surface area contributed by atoms with Gasteiger partial charge in [-0.1, -0.05) is 5.21 Å². The lowest BCUT2D eigenvalue weighted by Crippen LogP contribution is -2.08. The molecule has 90 valence electrons. The Balaban J connectivity index is 2.54. The Morgan fingerprint density at radius 2 is 1.35 bits per heavy atom. The van der Waals surface area contributed by atoms with Gasteiger partial charge in [0.1, 0.15) is 0 Å². The maximum absolute atomic E-state index is 13.2. The number of nitrogens with zero attached hydrogens (tertiary/aromatic N) is 3. The maximum Gasteiger partial charge on any atom is 0.200 e. The second-order valence-electron chi connectivity index (χ2n) is 3.05. The summed E-state index contributed by atoms with van der Waals surface area (Å²) in [5.41, 5.74) is -0.997. The molecule has 17 heavy (non-hydrogen) atoms. The molecular weight excluding hydrogens is 247 g/mol. The molecule has 2 rings (SSSR count). The molecule has 1 heterocycles. The number of benzene rings is 1. The van der Waals surface area contributed by atoms with Crippen LogP contribution in [-0.4, -0.2) is 20.6 Å². The number of aromatic amines is 1. The molecular formula is C8H3F5N4. The lowest BCUT2D eigenvalue weighted by atomic mass is 10.1. The molecule has 9 heteroatoms. The summed E-state index contributed by atoms with van der Waals surface area (Å²) >= 11 is 0. The molecule has 0 aliphatic heterocycles. The van der Waals surface area contributed by atoms with Crippen LogP contribution in [0.25, 0.3) is 0 Å². The zero-order valence-corrected chi connectivity index (χ0v) is 7.94. The summed E-state index contributed by atoms with van der Waals surface area (Å²) in [4.78, 5) is 0. The highest BCUT2D eigenvalue weighted by Crippen LogP contribution is 2.24. The van der Waals surface area contributed by atoms with Gasteiger partial charge in [-0.3, -0.25) is 0 Å². The molecule has 0 unspecified atom stereocenters. The number of H-pyrrole nitrogens is 1. The fourth-order valence-electron chi connectivity index (χ4n) is 1.22. The molecule has 0 atom stereocenters. The van der Waals surface area contributed by atoms with E-state index in [0.717, 1.165) is 0 Å². The topological polar surface area (TPSA) is 54.5 Å². The lowest BCUT2D eigenvalue weighted by Gasteiger charge is -2.05. The van der Waals surface area contributed by atoms with E-state index in [1.54, 1.807) is 0 Å². The number of hydrogen-bond acceptors (Lipinski definition) is 3. The second-order valence-corrected chi connectivity index (χ2v) is 3.05. The molecule has 1 N–H and O–H groups in total. The van der Waals surface area contributed by atoms with E-state index in [9.17, 15) is 22.0 Å². The van der Waals surface area contributed by atoms with Gasteiger partial charge in [0.2, 0.25) is 5.82 Å². The minimum atomic E-state index is -2.20. The molecule has 0 bridgehead atoms. The van der Waals surface area contributed by atoms with Crippen molar-refractivity contribution in [2.24, 2.45) is 0 Å². The van der Waals surface area contributed by atoms with E-state index in [4.69, 9.17) is 0 Å². The smallest absolute Gasteiger partial charge is 0.200 e. The van der Waals surface area contributed by atoms with Crippen LogP contribution < -0.4 is 0 Å². The van der Waals surface area contributed by atoms with E-state index in [2.05, 4.69) is 15.4 Å². The molecule has 0 spiro atoms. The van der Waals surface area contributed by atoms with Gasteiger partial charge in [0, 0.05) is 12.0 Å². The SMILES string of the molecule is Fc1c(F)c(F)c(Cc2nn[nH]n2)c(F)c1F. The summed E-state index contributed by atoms with van der Waals surface area (Å²) < 4.78 is 64.7. The molecule has 0 saturated heterocycles. The van der Waals surface area contributed by atoms with Crippen LogP contribution in [0, 0.1) is 29.1 Å². The van der Waals surface area contributed by atoms with Crippen molar-refractivity contribution < 1.29 is 22.0 Å². The van der Waals surface area contributed by atoms with Crippen LogP contribution in [0.1, 0.15) is 11.4 Å². The number of tetrazole rings is 1. The van der Waals surface area contributed by atoms with Crippen molar-refractivity contribution in [1.29, 1.82) is 0 Å². The van der Waals surface area contributed by atoms with Gasteiger partial charge in [-0.15, -0.1) is 10.2 Å². The Morgan fingerprint density at radius 3 is 1.82 bits per heavy atom. The number of hydrogen-bond donors (Lipinski definition) is 1. The zero-order valence-electron chi connectivity index (χ0n) is 7.94. The van der Waals surface area contributed by atoms with Crippen molar-refractivity contribution in [3.63, 3.8) is 0 Å². The summed E-state index contributed by atoms with van der Waals surface area (Å²) in [5.74, 6) is -10.2. The summed E-state index contributed by atoms with van der Waals surface area (Å²) in [6.07, 6.45) is -0.651. The first-order valence-corrected chi connectivity index (χ1v) is 4.25. The predicted molar refractivity (Wildman–Crippen MR) is 43.2 cm³/mol. The Labute approximate surface area is 90.5 Å². The van der Waals surface area contributed by atoms with Crippen molar-refractivity contribution in [3.8, 4) is 0 Å². The van der Waals surface area contributed by atoms with E-state index < -0.39 is 41.1 Å². The number of aromatic nitrogens is 4. The van der Waals surface area contributed by atoms with Crippen molar-refractivity contribution in [2.75, 3.05) is 0 Å². The van der Waals surface area contributed by atoms with Gasteiger partial charge in [-0.05, 0) is 0 Å². The Morgan fingerprint density at radius 1 is 0.824 bits per heavy atom. The van der Waals surface area contributed by atoms with Crippen molar-refractivity contribution >= 4 is 0 Å². The monoisotopic (exact) mass is 250 g/mol. The average Bonchev–Trinajstić information content (AvgIpc) is 2.82. The molecule has 0 amide bonds. The van der Waals surface area contributed by atoms with Gasteiger partial charge in [-0.25, -0.2) is 22.0 Å². The number of nitrogens with one attached hydrogen (secondary N) is 1. The van der Waals surface area contributed by atoms with Crippen molar-refractivity contribution in [2.45, 2.75) is 6.42 Å². The maximum atomic E-state index is 13.2. The molecule has 4 nitrogen and oxygen atoms in total.